The van der Waals surface area contributed by atoms with E-state index in [0.717, 1.165) is 37.4 Å². The zero-order valence-electron chi connectivity index (χ0n) is 9.55. The summed E-state index contributed by atoms with van der Waals surface area (Å²) in [5, 5.41) is 5.97. The first-order chi connectivity index (χ1) is 7.31. The molecule has 88 valence electrons. The van der Waals surface area contributed by atoms with Crippen LogP contribution in [0.3, 0.4) is 0 Å². The lowest BCUT2D eigenvalue weighted by molar-refractivity contribution is -0.120. The molecule has 0 aliphatic heterocycles. The summed E-state index contributed by atoms with van der Waals surface area (Å²) in [6, 6.07) is 0. The Bertz CT molecular complexity index is 174. The van der Waals surface area contributed by atoms with Gasteiger partial charge in [0.05, 0.1) is 6.54 Å². The number of rotatable bonds is 10. The molecule has 0 aliphatic carbocycles. The smallest absolute Gasteiger partial charge is 0.233 e. The molecule has 0 aliphatic rings. The Morgan fingerprint density at radius 3 is 2.93 bits per heavy atom. The van der Waals surface area contributed by atoms with E-state index in [1.54, 1.807) is 0 Å². The maximum atomic E-state index is 11.2. The molecular weight excluding hydrogens is 208 g/mol. The molecule has 0 bridgehead atoms. The highest BCUT2D eigenvalue weighted by molar-refractivity contribution is 7.99. The van der Waals surface area contributed by atoms with E-state index in [1.165, 1.54) is 0 Å². The molecule has 0 aromatic heterocycles. The Balaban J connectivity index is 3.13. The zero-order chi connectivity index (χ0) is 11.4. The van der Waals surface area contributed by atoms with Crippen molar-refractivity contribution in [2.75, 3.05) is 31.1 Å². The number of carbonyl (C=O) groups excluding carboxylic acids is 1. The van der Waals surface area contributed by atoms with Crippen LogP contribution in [0.4, 0.5) is 0 Å². The summed E-state index contributed by atoms with van der Waals surface area (Å²) in [5.41, 5.74) is 0. The van der Waals surface area contributed by atoms with Crippen LogP contribution < -0.4 is 10.6 Å². The van der Waals surface area contributed by atoms with Gasteiger partial charge in [0, 0.05) is 24.6 Å². The van der Waals surface area contributed by atoms with Crippen LogP contribution in [0.2, 0.25) is 0 Å². The Labute approximate surface area is 97.1 Å². The molecule has 15 heavy (non-hydrogen) atoms. The minimum Gasteiger partial charge on any atom is -0.355 e. The van der Waals surface area contributed by atoms with E-state index >= 15 is 0 Å². The number of carbonyl (C=O) groups is 1. The summed E-state index contributed by atoms with van der Waals surface area (Å²) in [4.78, 5) is 11.2. The van der Waals surface area contributed by atoms with Gasteiger partial charge in [-0.3, -0.25) is 4.79 Å². The topological polar surface area (TPSA) is 41.1 Å². The molecule has 0 heterocycles. The Morgan fingerprint density at radius 1 is 1.47 bits per heavy atom. The monoisotopic (exact) mass is 230 g/mol. The molecule has 0 aromatic rings. The van der Waals surface area contributed by atoms with Crippen LogP contribution in [0, 0.1) is 0 Å². The van der Waals surface area contributed by atoms with Gasteiger partial charge in [-0.2, -0.15) is 11.8 Å². The zero-order valence-corrected chi connectivity index (χ0v) is 10.4. The lowest BCUT2D eigenvalue weighted by Gasteiger charge is -2.05. The second-order valence-electron chi connectivity index (χ2n) is 3.24. The predicted molar refractivity (Wildman–Crippen MR) is 68.3 cm³/mol. The molecule has 0 saturated heterocycles. The second-order valence-corrected chi connectivity index (χ2v) is 4.39. The molecule has 0 atom stereocenters. The summed E-state index contributed by atoms with van der Waals surface area (Å²) in [6.07, 6.45) is 4.06. The molecule has 0 unspecified atom stereocenters. The van der Waals surface area contributed by atoms with Crippen LogP contribution in [-0.2, 0) is 4.79 Å². The van der Waals surface area contributed by atoms with Gasteiger partial charge in [-0.05, 0) is 6.42 Å². The fraction of sp³-hybridized carbons (Fsp3) is 0.727. The molecule has 0 radical (unpaired) electrons. The van der Waals surface area contributed by atoms with Gasteiger partial charge in [0.2, 0.25) is 5.91 Å². The lowest BCUT2D eigenvalue weighted by atomic mass is 10.3. The summed E-state index contributed by atoms with van der Waals surface area (Å²) in [6.45, 7) is 7.85. The average Bonchev–Trinajstić information content (AvgIpc) is 2.23. The maximum absolute atomic E-state index is 11.2. The Kier molecular flexibility index (Phi) is 11.2. The van der Waals surface area contributed by atoms with Crippen LogP contribution in [0.15, 0.2) is 12.7 Å². The van der Waals surface area contributed by atoms with Gasteiger partial charge in [0.1, 0.15) is 0 Å². The second kappa shape index (κ2) is 11.6. The van der Waals surface area contributed by atoms with E-state index in [1.807, 2.05) is 17.8 Å². The Morgan fingerprint density at radius 2 is 2.27 bits per heavy atom. The van der Waals surface area contributed by atoms with Gasteiger partial charge < -0.3 is 10.6 Å². The summed E-state index contributed by atoms with van der Waals surface area (Å²) < 4.78 is 0. The molecular formula is C11H22N2OS. The fourth-order valence-electron chi connectivity index (χ4n) is 0.980. The molecule has 0 spiro atoms. The molecule has 0 rings (SSSR count). The van der Waals surface area contributed by atoms with E-state index in [9.17, 15) is 4.79 Å². The van der Waals surface area contributed by atoms with E-state index in [2.05, 4.69) is 24.1 Å². The quantitative estimate of drug-likeness (QED) is 0.440. The van der Waals surface area contributed by atoms with E-state index in [0.29, 0.717) is 6.54 Å². The third-order valence-electron chi connectivity index (χ3n) is 1.80. The van der Waals surface area contributed by atoms with Gasteiger partial charge >= 0.3 is 0 Å². The van der Waals surface area contributed by atoms with Crippen molar-refractivity contribution in [1.29, 1.82) is 0 Å². The highest BCUT2D eigenvalue weighted by Gasteiger charge is 1.98. The number of hydrogen-bond acceptors (Lipinski definition) is 3. The van der Waals surface area contributed by atoms with Crippen molar-refractivity contribution in [3.8, 4) is 0 Å². The van der Waals surface area contributed by atoms with Crippen LogP contribution in [0.25, 0.3) is 0 Å². The molecule has 4 heteroatoms. The third-order valence-corrected chi connectivity index (χ3v) is 2.76. The molecule has 0 fully saturated rings. The minimum atomic E-state index is 0.0946. The van der Waals surface area contributed by atoms with Crippen molar-refractivity contribution >= 4 is 17.7 Å². The number of nitrogens with one attached hydrogen (secondary N) is 2. The van der Waals surface area contributed by atoms with Crippen molar-refractivity contribution in [3.05, 3.63) is 12.7 Å². The molecule has 0 aromatic carbocycles. The number of unbranched alkanes of at least 4 members (excludes halogenated alkanes) is 1. The summed E-state index contributed by atoms with van der Waals surface area (Å²) >= 11 is 1.81. The summed E-state index contributed by atoms with van der Waals surface area (Å²) in [5.74, 6) is 2.09. The average molecular weight is 230 g/mol. The van der Waals surface area contributed by atoms with Crippen molar-refractivity contribution < 1.29 is 4.79 Å². The first kappa shape index (κ1) is 14.5. The molecule has 0 saturated carbocycles. The van der Waals surface area contributed by atoms with Crippen LogP contribution >= 0.6 is 11.8 Å². The van der Waals surface area contributed by atoms with E-state index < -0.39 is 0 Å². The predicted octanol–water partition coefficient (Wildman–Crippen LogP) is 1.41. The Hall–Kier alpha value is -0.480. The lowest BCUT2D eigenvalue weighted by Crippen LogP contribution is -2.35. The number of thioether (sulfide) groups is 1. The third kappa shape index (κ3) is 11.4. The van der Waals surface area contributed by atoms with Crippen LogP contribution in [-0.4, -0.2) is 37.0 Å². The van der Waals surface area contributed by atoms with Crippen LogP contribution in [0.5, 0.6) is 0 Å². The van der Waals surface area contributed by atoms with Gasteiger partial charge in [0.25, 0.3) is 0 Å². The minimum absolute atomic E-state index is 0.0946. The summed E-state index contributed by atoms with van der Waals surface area (Å²) in [7, 11) is 0. The standard InChI is InChI=1S/C11H22N2OS/c1-3-5-6-13-11(14)10-12-7-9-15-8-4-2/h4,12H,2-3,5-10H2,1H3,(H,13,14). The van der Waals surface area contributed by atoms with E-state index in [4.69, 9.17) is 0 Å². The normalized spacial score (nSPS) is 9.93. The highest BCUT2D eigenvalue weighted by Crippen LogP contribution is 1.96. The van der Waals surface area contributed by atoms with Crippen molar-refractivity contribution in [2.24, 2.45) is 0 Å². The van der Waals surface area contributed by atoms with Gasteiger partial charge in [-0.25, -0.2) is 0 Å². The van der Waals surface area contributed by atoms with Gasteiger partial charge in [0.15, 0.2) is 0 Å². The van der Waals surface area contributed by atoms with Crippen molar-refractivity contribution in [3.63, 3.8) is 0 Å². The fourth-order valence-corrected chi connectivity index (χ4v) is 1.60. The molecule has 1 amide bonds. The van der Waals surface area contributed by atoms with Gasteiger partial charge in [-0.15, -0.1) is 6.58 Å². The van der Waals surface area contributed by atoms with E-state index in [-0.39, 0.29) is 5.91 Å². The first-order valence-electron chi connectivity index (χ1n) is 5.47. The van der Waals surface area contributed by atoms with Crippen molar-refractivity contribution in [1.82, 2.24) is 10.6 Å². The SMILES string of the molecule is C=CCSCCNCC(=O)NCCCC. The molecule has 3 nitrogen and oxygen atoms in total. The van der Waals surface area contributed by atoms with Crippen molar-refractivity contribution in [2.45, 2.75) is 19.8 Å². The molecule has 2 N–H and O–H groups in total. The maximum Gasteiger partial charge on any atom is 0.233 e. The van der Waals surface area contributed by atoms with Crippen LogP contribution in [0.1, 0.15) is 19.8 Å². The largest absolute Gasteiger partial charge is 0.355 e. The highest BCUT2D eigenvalue weighted by atomic mass is 32.2. The number of hydrogen-bond donors (Lipinski definition) is 2. The number of amides is 1. The first-order valence-corrected chi connectivity index (χ1v) is 6.62. The van der Waals surface area contributed by atoms with Gasteiger partial charge in [-0.1, -0.05) is 19.4 Å².